The van der Waals surface area contributed by atoms with E-state index in [0.717, 1.165) is 12.2 Å². The van der Waals surface area contributed by atoms with Crippen LogP contribution in [-0.2, 0) is 6.54 Å². The number of nitrogen functional groups attached to an aromatic ring is 1. The van der Waals surface area contributed by atoms with Gasteiger partial charge < -0.3 is 5.73 Å². The van der Waals surface area contributed by atoms with Crippen LogP contribution >= 0.6 is 0 Å². The van der Waals surface area contributed by atoms with Crippen molar-refractivity contribution in [3.63, 3.8) is 0 Å². The van der Waals surface area contributed by atoms with Crippen molar-refractivity contribution in [2.75, 3.05) is 12.8 Å². The third-order valence-corrected chi connectivity index (χ3v) is 3.93. The van der Waals surface area contributed by atoms with E-state index in [9.17, 15) is 0 Å². The van der Waals surface area contributed by atoms with Crippen LogP contribution in [0.25, 0.3) is 0 Å². The topological polar surface area (TPSA) is 29.3 Å². The summed E-state index contributed by atoms with van der Waals surface area (Å²) < 4.78 is 0. The second kappa shape index (κ2) is 6.10. The summed E-state index contributed by atoms with van der Waals surface area (Å²) in [4.78, 5) is 2.36. The number of aryl methyl sites for hydroxylation is 2. The molecule has 0 fully saturated rings. The molecule has 0 heterocycles. The Morgan fingerprint density at radius 2 is 1.85 bits per heavy atom. The smallest absolute Gasteiger partial charge is 0.0323 e. The summed E-state index contributed by atoms with van der Waals surface area (Å²) in [5.41, 5.74) is 12.0. The van der Waals surface area contributed by atoms with Gasteiger partial charge in [-0.2, -0.15) is 0 Å². The molecule has 0 spiro atoms. The largest absolute Gasteiger partial charge is 0.399 e. The molecular formula is C18H24N2. The zero-order valence-electron chi connectivity index (χ0n) is 12.9. The van der Waals surface area contributed by atoms with E-state index < -0.39 is 0 Å². The van der Waals surface area contributed by atoms with E-state index in [0.29, 0.717) is 6.04 Å². The minimum absolute atomic E-state index is 0.385. The molecular weight excluding hydrogens is 244 g/mol. The van der Waals surface area contributed by atoms with E-state index in [2.05, 4.69) is 57.0 Å². The quantitative estimate of drug-likeness (QED) is 0.847. The van der Waals surface area contributed by atoms with Gasteiger partial charge in [0.05, 0.1) is 0 Å². The number of hydrogen-bond acceptors (Lipinski definition) is 2. The first-order valence-electron chi connectivity index (χ1n) is 7.09. The average Bonchev–Trinajstić information content (AvgIpc) is 2.40. The lowest BCUT2D eigenvalue weighted by Gasteiger charge is -2.27. The second-order valence-electron chi connectivity index (χ2n) is 5.70. The van der Waals surface area contributed by atoms with Crippen molar-refractivity contribution >= 4 is 5.69 Å². The first-order valence-corrected chi connectivity index (χ1v) is 7.09. The van der Waals surface area contributed by atoms with Gasteiger partial charge in [-0.1, -0.05) is 35.9 Å². The Balaban J connectivity index is 2.16. The van der Waals surface area contributed by atoms with Crippen LogP contribution in [0.2, 0.25) is 0 Å². The molecule has 2 N–H and O–H groups in total. The lowest BCUT2D eigenvalue weighted by Crippen LogP contribution is -2.22. The van der Waals surface area contributed by atoms with Crippen molar-refractivity contribution in [1.82, 2.24) is 4.90 Å². The molecule has 2 aromatic carbocycles. The molecule has 0 saturated carbocycles. The molecule has 0 radical (unpaired) electrons. The Hall–Kier alpha value is -1.80. The van der Waals surface area contributed by atoms with E-state index in [-0.39, 0.29) is 0 Å². The van der Waals surface area contributed by atoms with Gasteiger partial charge in [-0.05, 0) is 56.6 Å². The van der Waals surface area contributed by atoms with E-state index >= 15 is 0 Å². The second-order valence-corrected chi connectivity index (χ2v) is 5.70. The molecule has 20 heavy (non-hydrogen) atoms. The van der Waals surface area contributed by atoms with Crippen molar-refractivity contribution in [2.45, 2.75) is 33.4 Å². The SMILES string of the molecule is Cc1ccc(C)c(C(C)N(C)Cc2cccc(N)c2)c1. The molecule has 0 aliphatic heterocycles. The number of anilines is 1. The van der Waals surface area contributed by atoms with Crippen molar-refractivity contribution < 1.29 is 0 Å². The summed E-state index contributed by atoms with van der Waals surface area (Å²) in [6.45, 7) is 7.49. The molecule has 0 amide bonds. The van der Waals surface area contributed by atoms with Crippen LogP contribution in [0.1, 0.15) is 35.2 Å². The van der Waals surface area contributed by atoms with Gasteiger partial charge in [0.1, 0.15) is 0 Å². The van der Waals surface area contributed by atoms with Crippen molar-refractivity contribution in [1.29, 1.82) is 0 Å². The van der Waals surface area contributed by atoms with Gasteiger partial charge in [0.2, 0.25) is 0 Å². The highest BCUT2D eigenvalue weighted by molar-refractivity contribution is 5.40. The molecule has 1 atom stereocenters. The lowest BCUT2D eigenvalue weighted by molar-refractivity contribution is 0.252. The van der Waals surface area contributed by atoms with Crippen molar-refractivity contribution in [3.05, 3.63) is 64.7 Å². The number of benzene rings is 2. The highest BCUT2D eigenvalue weighted by Gasteiger charge is 2.14. The van der Waals surface area contributed by atoms with Crippen LogP contribution in [0, 0.1) is 13.8 Å². The third-order valence-electron chi connectivity index (χ3n) is 3.93. The van der Waals surface area contributed by atoms with E-state index in [1.807, 2.05) is 18.2 Å². The lowest BCUT2D eigenvalue weighted by atomic mass is 9.99. The number of nitrogens with zero attached hydrogens (tertiary/aromatic N) is 1. The van der Waals surface area contributed by atoms with Gasteiger partial charge in [0.15, 0.2) is 0 Å². The predicted octanol–water partition coefficient (Wildman–Crippen LogP) is 4.08. The molecule has 0 bridgehead atoms. The summed E-state index contributed by atoms with van der Waals surface area (Å²) in [6.07, 6.45) is 0. The summed E-state index contributed by atoms with van der Waals surface area (Å²) in [5, 5.41) is 0. The maximum Gasteiger partial charge on any atom is 0.0323 e. The van der Waals surface area contributed by atoms with Crippen LogP contribution in [-0.4, -0.2) is 11.9 Å². The Bertz CT molecular complexity index is 590. The summed E-state index contributed by atoms with van der Waals surface area (Å²) >= 11 is 0. The normalized spacial score (nSPS) is 12.7. The number of rotatable bonds is 4. The minimum Gasteiger partial charge on any atom is -0.399 e. The van der Waals surface area contributed by atoms with Crippen molar-refractivity contribution in [3.8, 4) is 0 Å². The Morgan fingerprint density at radius 3 is 2.55 bits per heavy atom. The molecule has 0 aromatic heterocycles. The fraction of sp³-hybridized carbons (Fsp3) is 0.333. The van der Waals surface area contributed by atoms with E-state index in [4.69, 9.17) is 5.73 Å². The maximum absolute atomic E-state index is 5.85. The van der Waals surface area contributed by atoms with Crippen LogP contribution in [0.15, 0.2) is 42.5 Å². The zero-order chi connectivity index (χ0) is 14.7. The molecule has 2 rings (SSSR count). The van der Waals surface area contributed by atoms with Gasteiger partial charge in [-0.3, -0.25) is 4.90 Å². The molecule has 1 unspecified atom stereocenters. The summed E-state index contributed by atoms with van der Waals surface area (Å²) in [7, 11) is 2.16. The third kappa shape index (κ3) is 3.40. The Kier molecular flexibility index (Phi) is 4.46. The number of hydrogen-bond donors (Lipinski definition) is 1. The van der Waals surface area contributed by atoms with Gasteiger partial charge >= 0.3 is 0 Å². The fourth-order valence-corrected chi connectivity index (χ4v) is 2.56. The molecule has 0 aliphatic carbocycles. The van der Waals surface area contributed by atoms with Gasteiger partial charge in [-0.25, -0.2) is 0 Å². The Labute approximate surface area is 122 Å². The summed E-state index contributed by atoms with van der Waals surface area (Å²) in [6, 6.07) is 15.2. The highest BCUT2D eigenvalue weighted by Crippen LogP contribution is 2.25. The molecule has 0 saturated heterocycles. The predicted molar refractivity (Wildman–Crippen MR) is 86.7 cm³/mol. The molecule has 0 aliphatic rings. The molecule has 106 valence electrons. The van der Waals surface area contributed by atoms with Crippen molar-refractivity contribution in [2.24, 2.45) is 0 Å². The minimum atomic E-state index is 0.385. The van der Waals surface area contributed by atoms with Crippen LogP contribution in [0.5, 0.6) is 0 Å². The molecule has 2 aromatic rings. The first kappa shape index (κ1) is 14.6. The first-order chi connectivity index (χ1) is 9.47. The standard InChI is InChI=1S/C18H24N2/c1-13-8-9-14(2)18(10-13)15(3)20(4)12-16-6-5-7-17(19)11-16/h5-11,15H,12,19H2,1-4H3. The Morgan fingerprint density at radius 1 is 1.10 bits per heavy atom. The van der Waals surface area contributed by atoms with Gasteiger partial charge in [-0.15, -0.1) is 0 Å². The van der Waals surface area contributed by atoms with Crippen LogP contribution in [0.3, 0.4) is 0 Å². The average molecular weight is 268 g/mol. The van der Waals surface area contributed by atoms with E-state index in [1.54, 1.807) is 0 Å². The number of nitrogens with two attached hydrogens (primary N) is 1. The monoisotopic (exact) mass is 268 g/mol. The summed E-state index contributed by atoms with van der Waals surface area (Å²) in [5.74, 6) is 0. The van der Waals surface area contributed by atoms with Gasteiger partial charge in [0, 0.05) is 18.3 Å². The van der Waals surface area contributed by atoms with Crippen LogP contribution in [0.4, 0.5) is 5.69 Å². The molecule has 2 heteroatoms. The fourth-order valence-electron chi connectivity index (χ4n) is 2.56. The maximum atomic E-state index is 5.85. The van der Waals surface area contributed by atoms with E-state index in [1.165, 1.54) is 22.3 Å². The van der Waals surface area contributed by atoms with Gasteiger partial charge in [0.25, 0.3) is 0 Å². The van der Waals surface area contributed by atoms with Crippen LogP contribution < -0.4 is 5.73 Å². The highest BCUT2D eigenvalue weighted by atomic mass is 15.1. The zero-order valence-corrected chi connectivity index (χ0v) is 12.9. The molecule has 2 nitrogen and oxygen atoms in total.